The fourth-order valence-corrected chi connectivity index (χ4v) is 1.93. The fourth-order valence-electron chi connectivity index (χ4n) is 1.42. The third-order valence-corrected chi connectivity index (χ3v) is 3.07. The zero-order valence-electron chi connectivity index (χ0n) is 11.3. The molecule has 0 aromatic heterocycles. The highest BCUT2D eigenvalue weighted by atomic mass is 35.5. The Balaban J connectivity index is 2.30. The Morgan fingerprint density at radius 2 is 2.05 bits per heavy atom. The van der Waals surface area contributed by atoms with Crippen molar-refractivity contribution >= 4 is 28.8 Å². The zero-order valence-corrected chi connectivity index (χ0v) is 12.9. The van der Waals surface area contributed by atoms with E-state index in [-0.39, 0.29) is 4.99 Å². The largest absolute Gasteiger partial charge is 0.491 e. The van der Waals surface area contributed by atoms with E-state index < -0.39 is 0 Å². The SMILES string of the molecule is CC(C)CCOCCOc1ccc(C(N)=S)c(Cl)c1. The van der Waals surface area contributed by atoms with Crippen LogP contribution in [0.15, 0.2) is 18.2 Å². The second-order valence-electron chi connectivity index (χ2n) is 4.65. The van der Waals surface area contributed by atoms with Gasteiger partial charge in [-0.3, -0.25) is 0 Å². The van der Waals surface area contributed by atoms with Crippen LogP contribution in [-0.2, 0) is 4.74 Å². The molecule has 106 valence electrons. The van der Waals surface area contributed by atoms with Gasteiger partial charge in [-0.15, -0.1) is 0 Å². The second-order valence-corrected chi connectivity index (χ2v) is 5.50. The molecule has 0 aliphatic rings. The number of ether oxygens (including phenoxy) is 2. The Kier molecular flexibility index (Phi) is 7.13. The third kappa shape index (κ3) is 6.23. The van der Waals surface area contributed by atoms with E-state index in [2.05, 4.69) is 13.8 Å². The number of halogens is 1. The zero-order chi connectivity index (χ0) is 14.3. The molecule has 3 nitrogen and oxygen atoms in total. The number of benzene rings is 1. The molecular weight excluding hydrogens is 282 g/mol. The van der Waals surface area contributed by atoms with Gasteiger partial charge in [0, 0.05) is 12.2 Å². The lowest BCUT2D eigenvalue weighted by atomic mass is 10.1. The van der Waals surface area contributed by atoms with Crippen LogP contribution in [0.25, 0.3) is 0 Å². The van der Waals surface area contributed by atoms with Gasteiger partial charge in [-0.2, -0.15) is 0 Å². The lowest BCUT2D eigenvalue weighted by Gasteiger charge is -2.09. The van der Waals surface area contributed by atoms with Crippen molar-refractivity contribution in [3.05, 3.63) is 28.8 Å². The van der Waals surface area contributed by atoms with Gasteiger partial charge in [0.15, 0.2) is 0 Å². The maximum atomic E-state index is 6.04. The highest BCUT2D eigenvalue weighted by Gasteiger charge is 2.04. The molecule has 2 N–H and O–H groups in total. The molecule has 19 heavy (non-hydrogen) atoms. The smallest absolute Gasteiger partial charge is 0.120 e. The molecule has 5 heteroatoms. The van der Waals surface area contributed by atoms with Crippen LogP contribution in [0.4, 0.5) is 0 Å². The first-order valence-corrected chi connectivity index (χ1v) is 7.09. The average molecular weight is 302 g/mol. The summed E-state index contributed by atoms with van der Waals surface area (Å²) in [5, 5.41) is 0.505. The van der Waals surface area contributed by atoms with Gasteiger partial charge in [-0.25, -0.2) is 0 Å². The van der Waals surface area contributed by atoms with E-state index in [0.717, 1.165) is 13.0 Å². The number of hydrogen-bond donors (Lipinski definition) is 1. The minimum atomic E-state index is 0.286. The molecular formula is C14H20ClNO2S. The Bertz CT molecular complexity index is 424. The maximum Gasteiger partial charge on any atom is 0.120 e. The van der Waals surface area contributed by atoms with Crippen molar-refractivity contribution in [2.75, 3.05) is 19.8 Å². The van der Waals surface area contributed by atoms with Crippen LogP contribution in [0.3, 0.4) is 0 Å². The number of rotatable bonds is 8. The van der Waals surface area contributed by atoms with Crippen molar-refractivity contribution in [2.45, 2.75) is 20.3 Å². The summed E-state index contributed by atoms with van der Waals surface area (Å²) >= 11 is 10.9. The molecule has 0 aliphatic heterocycles. The summed E-state index contributed by atoms with van der Waals surface area (Å²) in [6.07, 6.45) is 1.06. The van der Waals surface area contributed by atoms with Gasteiger partial charge < -0.3 is 15.2 Å². The van der Waals surface area contributed by atoms with E-state index in [4.69, 9.17) is 39.0 Å². The van der Waals surface area contributed by atoms with Crippen LogP contribution in [0.1, 0.15) is 25.8 Å². The number of nitrogens with two attached hydrogens (primary N) is 1. The van der Waals surface area contributed by atoms with Crippen molar-refractivity contribution in [1.82, 2.24) is 0 Å². The van der Waals surface area contributed by atoms with E-state index in [1.807, 2.05) is 0 Å². The van der Waals surface area contributed by atoms with Gasteiger partial charge in [0.05, 0.1) is 11.6 Å². The molecule has 0 bridgehead atoms. The van der Waals surface area contributed by atoms with Gasteiger partial charge in [-0.1, -0.05) is 37.7 Å². The lowest BCUT2D eigenvalue weighted by molar-refractivity contribution is 0.0926. The summed E-state index contributed by atoms with van der Waals surface area (Å²) in [5.41, 5.74) is 6.19. The summed E-state index contributed by atoms with van der Waals surface area (Å²) in [4.78, 5) is 0.286. The van der Waals surface area contributed by atoms with Gasteiger partial charge in [-0.05, 0) is 30.5 Å². The van der Waals surface area contributed by atoms with E-state index in [9.17, 15) is 0 Å². The molecule has 0 heterocycles. The van der Waals surface area contributed by atoms with Crippen molar-refractivity contribution in [3.8, 4) is 5.75 Å². The highest BCUT2D eigenvalue weighted by molar-refractivity contribution is 7.80. The minimum Gasteiger partial charge on any atom is -0.491 e. The second kappa shape index (κ2) is 8.35. The Labute approximate surface area is 125 Å². The van der Waals surface area contributed by atoms with E-state index >= 15 is 0 Å². The number of thiocarbonyl (C=S) groups is 1. The fraction of sp³-hybridized carbons (Fsp3) is 0.500. The quantitative estimate of drug-likeness (QED) is 0.590. The summed E-state index contributed by atoms with van der Waals surface area (Å²) in [5.74, 6) is 1.35. The molecule has 0 fully saturated rings. The first-order valence-electron chi connectivity index (χ1n) is 6.30. The van der Waals surface area contributed by atoms with Crippen LogP contribution in [0.5, 0.6) is 5.75 Å². The molecule has 0 amide bonds. The molecule has 0 spiro atoms. The normalized spacial score (nSPS) is 10.7. The molecule has 0 aliphatic carbocycles. The molecule has 0 saturated carbocycles. The highest BCUT2D eigenvalue weighted by Crippen LogP contribution is 2.22. The molecule has 0 saturated heterocycles. The molecule has 0 radical (unpaired) electrons. The molecule has 1 aromatic rings. The van der Waals surface area contributed by atoms with Crippen LogP contribution < -0.4 is 10.5 Å². The first kappa shape index (κ1) is 16.2. The minimum absolute atomic E-state index is 0.286. The van der Waals surface area contributed by atoms with Crippen LogP contribution in [0, 0.1) is 5.92 Å². The van der Waals surface area contributed by atoms with Crippen molar-refractivity contribution in [3.63, 3.8) is 0 Å². The van der Waals surface area contributed by atoms with Gasteiger partial charge in [0.25, 0.3) is 0 Å². The molecule has 0 atom stereocenters. The topological polar surface area (TPSA) is 44.5 Å². The number of hydrogen-bond acceptors (Lipinski definition) is 3. The summed E-state index contributed by atoms with van der Waals surface area (Å²) in [7, 11) is 0. The van der Waals surface area contributed by atoms with Crippen LogP contribution >= 0.6 is 23.8 Å². The standard InChI is InChI=1S/C14H20ClNO2S/c1-10(2)5-6-17-7-8-18-11-3-4-12(14(16)19)13(15)9-11/h3-4,9-10H,5-8H2,1-2H3,(H2,16,19). The molecule has 1 aromatic carbocycles. The summed E-state index contributed by atoms with van der Waals surface area (Å²) in [6, 6.07) is 5.28. The Morgan fingerprint density at radius 1 is 1.32 bits per heavy atom. The average Bonchev–Trinajstić information content (AvgIpc) is 2.32. The maximum absolute atomic E-state index is 6.04. The Morgan fingerprint density at radius 3 is 2.63 bits per heavy atom. The predicted octanol–water partition coefficient (Wildman–Crippen LogP) is 3.42. The van der Waals surface area contributed by atoms with Crippen molar-refractivity contribution in [1.29, 1.82) is 0 Å². The summed E-state index contributed by atoms with van der Waals surface area (Å²) in [6.45, 7) is 6.18. The third-order valence-electron chi connectivity index (χ3n) is 2.54. The summed E-state index contributed by atoms with van der Waals surface area (Å²) < 4.78 is 11.0. The molecule has 0 unspecified atom stereocenters. The van der Waals surface area contributed by atoms with E-state index in [1.165, 1.54) is 0 Å². The van der Waals surface area contributed by atoms with E-state index in [0.29, 0.717) is 35.5 Å². The molecule has 1 rings (SSSR count). The lowest BCUT2D eigenvalue weighted by Crippen LogP contribution is -2.11. The van der Waals surface area contributed by atoms with Gasteiger partial charge in [0.2, 0.25) is 0 Å². The van der Waals surface area contributed by atoms with Crippen molar-refractivity contribution < 1.29 is 9.47 Å². The van der Waals surface area contributed by atoms with Gasteiger partial charge in [0.1, 0.15) is 17.3 Å². The van der Waals surface area contributed by atoms with Crippen molar-refractivity contribution in [2.24, 2.45) is 11.7 Å². The van der Waals surface area contributed by atoms with Gasteiger partial charge >= 0.3 is 0 Å². The van der Waals surface area contributed by atoms with E-state index in [1.54, 1.807) is 18.2 Å². The van der Waals surface area contributed by atoms with Crippen LogP contribution in [-0.4, -0.2) is 24.8 Å². The first-order chi connectivity index (χ1) is 9.00. The monoisotopic (exact) mass is 301 g/mol. The predicted molar refractivity (Wildman–Crippen MR) is 83.1 cm³/mol. The van der Waals surface area contributed by atoms with Crippen LogP contribution in [0.2, 0.25) is 5.02 Å². The Hall–Kier alpha value is -0.840.